The number of amides is 2. The quantitative estimate of drug-likeness (QED) is 0.268. The number of nitro groups is 1. The van der Waals surface area contributed by atoms with Gasteiger partial charge in [-0.05, 0) is 37.1 Å². The zero-order chi connectivity index (χ0) is 25.7. The average Bonchev–Trinajstić information content (AvgIpc) is 3.18. The van der Waals surface area contributed by atoms with Crippen molar-refractivity contribution in [1.29, 1.82) is 0 Å². The number of aryl methyl sites for hydroxylation is 2. The van der Waals surface area contributed by atoms with Crippen molar-refractivity contribution in [2.45, 2.75) is 32.9 Å². The molecular weight excluding hydrogens is 464 g/mol. The highest BCUT2D eigenvalue weighted by molar-refractivity contribution is 6.03. The van der Waals surface area contributed by atoms with E-state index in [-0.39, 0.29) is 36.1 Å². The highest BCUT2D eigenvalue weighted by atomic mass is 16.6. The van der Waals surface area contributed by atoms with E-state index >= 15 is 0 Å². The number of benzene rings is 3. The Balaban J connectivity index is 1.35. The lowest BCUT2D eigenvalue weighted by Crippen LogP contribution is -2.25. The van der Waals surface area contributed by atoms with Crippen LogP contribution in [0.5, 0.6) is 0 Å². The molecule has 1 heterocycles. The minimum Gasteiger partial charge on any atom is -0.407 e. The number of hydrogen-bond acceptors (Lipinski definition) is 6. The topological polar surface area (TPSA) is 136 Å². The van der Waals surface area contributed by atoms with Gasteiger partial charge in [-0.15, -0.1) is 0 Å². The van der Waals surface area contributed by atoms with Crippen molar-refractivity contribution in [2.75, 3.05) is 5.32 Å². The molecule has 10 heteroatoms. The smallest absolute Gasteiger partial charge is 0.407 e. The molecule has 0 fully saturated rings. The summed E-state index contributed by atoms with van der Waals surface area (Å²) in [7, 11) is 0. The number of anilines is 1. The Bertz CT molecular complexity index is 1490. The van der Waals surface area contributed by atoms with Crippen molar-refractivity contribution in [3.8, 4) is 0 Å². The average molecular weight is 489 g/mol. The van der Waals surface area contributed by atoms with Crippen LogP contribution in [0.1, 0.15) is 34.3 Å². The van der Waals surface area contributed by atoms with Gasteiger partial charge in [0.2, 0.25) is 5.91 Å². The number of oxazole rings is 1. The van der Waals surface area contributed by atoms with Gasteiger partial charge in [-0.1, -0.05) is 42.0 Å². The number of carbonyl (C=O) groups is 2. The van der Waals surface area contributed by atoms with E-state index < -0.39 is 10.7 Å². The van der Waals surface area contributed by atoms with Gasteiger partial charge in [-0.2, -0.15) is 0 Å². The molecule has 0 saturated carbocycles. The van der Waals surface area contributed by atoms with Gasteiger partial charge in [-0.25, -0.2) is 4.79 Å². The summed E-state index contributed by atoms with van der Waals surface area (Å²) >= 11 is 0. The molecule has 0 aliphatic rings. The maximum absolute atomic E-state index is 12.7. The Morgan fingerprint density at radius 1 is 1.06 bits per heavy atom. The number of rotatable bonds is 9. The summed E-state index contributed by atoms with van der Waals surface area (Å²) in [5.74, 6) is -1.27. The van der Waals surface area contributed by atoms with E-state index in [0.717, 1.165) is 11.1 Å². The maximum atomic E-state index is 12.7. The molecule has 10 nitrogen and oxygen atoms in total. The second-order valence-corrected chi connectivity index (χ2v) is 8.29. The SMILES string of the molecule is Cc1ccc(CNC(=O)c2ccccc2NC(=O)CCCn2c(=O)oc3cc([N+](=O)[O-])ccc32)cc1. The highest BCUT2D eigenvalue weighted by Gasteiger charge is 2.16. The Kier molecular flexibility index (Phi) is 7.24. The molecule has 0 saturated heterocycles. The molecule has 36 heavy (non-hydrogen) atoms. The molecule has 3 aromatic carbocycles. The third-order valence-electron chi connectivity index (χ3n) is 5.67. The van der Waals surface area contributed by atoms with Gasteiger partial charge in [0, 0.05) is 25.6 Å². The lowest BCUT2D eigenvalue weighted by Gasteiger charge is -2.12. The zero-order valence-electron chi connectivity index (χ0n) is 19.5. The number of nitrogens with zero attached hydrogens (tertiary/aromatic N) is 2. The van der Waals surface area contributed by atoms with Crippen molar-refractivity contribution in [2.24, 2.45) is 0 Å². The second-order valence-electron chi connectivity index (χ2n) is 8.29. The maximum Gasteiger partial charge on any atom is 0.419 e. The number of fused-ring (bicyclic) bond motifs is 1. The molecule has 4 aromatic rings. The van der Waals surface area contributed by atoms with Crippen molar-refractivity contribution in [1.82, 2.24) is 9.88 Å². The van der Waals surface area contributed by atoms with Crippen LogP contribution < -0.4 is 16.4 Å². The molecule has 0 aliphatic heterocycles. The van der Waals surface area contributed by atoms with E-state index in [1.54, 1.807) is 24.3 Å². The summed E-state index contributed by atoms with van der Waals surface area (Å²) in [6, 6.07) is 18.5. The van der Waals surface area contributed by atoms with Crippen LogP contribution in [0.15, 0.2) is 75.9 Å². The first-order chi connectivity index (χ1) is 17.3. The number of non-ortho nitro benzene ring substituents is 1. The molecule has 4 rings (SSSR count). The standard InChI is InChI=1S/C26H24N4O6/c1-17-8-10-18(11-9-17)16-27-25(32)20-5-2-3-6-21(20)28-24(31)7-4-14-29-22-13-12-19(30(34)35)15-23(22)36-26(29)33/h2-3,5-6,8-13,15H,4,7,14,16H2,1H3,(H,27,32)(H,28,31). The molecule has 1 aromatic heterocycles. The summed E-state index contributed by atoms with van der Waals surface area (Å²) in [6.45, 7) is 2.54. The molecule has 2 N–H and O–H groups in total. The molecule has 0 radical (unpaired) electrons. The Labute approximate surface area is 205 Å². The Hall–Kier alpha value is -4.73. The summed E-state index contributed by atoms with van der Waals surface area (Å²) < 4.78 is 6.44. The minimum absolute atomic E-state index is 0.0887. The Morgan fingerprint density at radius 3 is 2.56 bits per heavy atom. The van der Waals surface area contributed by atoms with E-state index in [4.69, 9.17) is 4.42 Å². The van der Waals surface area contributed by atoms with Crippen LogP contribution in [0, 0.1) is 17.0 Å². The van der Waals surface area contributed by atoms with Crippen molar-refractivity contribution >= 4 is 34.3 Å². The first kappa shape index (κ1) is 24.4. The lowest BCUT2D eigenvalue weighted by molar-refractivity contribution is -0.384. The first-order valence-corrected chi connectivity index (χ1v) is 11.3. The monoisotopic (exact) mass is 488 g/mol. The number of nitro benzene ring substituents is 1. The largest absolute Gasteiger partial charge is 0.419 e. The van der Waals surface area contributed by atoms with E-state index in [9.17, 15) is 24.5 Å². The summed E-state index contributed by atoms with van der Waals surface area (Å²) in [4.78, 5) is 47.8. The van der Waals surface area contributed by atoms with Crippen molar-refractivity contribution in [3.63, 3.8) is 0 Å². The number of carbonyl (C=O) groups excluding carboxylic acids is 2. The molecule has 0 unspecified atom stereocenters. The summed E-state index contributed by atoms with van der Waals surface area (Å²) in [5, 5.41) is 16.5. The van der Waals surface area contributed by atoms with Gasteiger partial charge in [0.25, 0.3) is 11.6 Å². The summed E-state index contributed by atoms with van der Waals surface area (Å²) in [5.41, 5.74) is 3.19. The van der Waals surface area contributed by atoms with Crippen LogP contribution >= 0.6 is 0 Å². The van der Waals surface area contributed by atoms with Crippen LogP contribution in [-0.2, 0) is 17.9 Å². The second kappa shape index (κ2) is 10.7. The fraction of sp³-hybridized carbons (Fsp3) is 0.192. The van der Waals surface area contributed by atoms with Gasteiger partial charge in [-0.3, -0.25) is 24.3 Å². The predicted molar refractivity (Wildman–Crippen MR) is 134 cm³/mol. The van der Waals surface area contributed by atoms with Gasteiger partial charge in [0.15, 0.2) is 5.58 Å². The minimum atomic E-state index is -0.651. The van der Waals surface area contributed by atoms with Crippen molar-refractivity contribution < 1.29 is 18.9 Å². The fourth-order valence-electron chi connectivity index (χ4n) is 3.76. The molecular formula is C26H24N4O6. The number of hydrogen-bond donors (Lipinski definition) is 2. The van der Waals surface area contributed by atoms with Crippen LogP contribution in [0.4, 0.5) is 11.4 Å². The normalized spacial score (nSPS) is 10.8. The molecule has 0 bridgehead atoms. The molecule has 2 amide bonds. The lowest BCUT2D eigenvalue weighted by atomic mass is 10.1. The molecule has 0 spiro atoms. The third kappa shape index (κ3) is 5.66. The third-order valence-corrected chi connectivity index (χ3v) is 5.67. The first-order valence-electron chi connectivity index (χ1n) is 11.3. The van der Waals surface area contributed by atoms with E-state index in [0.29, 0.717) is 29.7 Å². The van der Waals surface area contributed by atoms with Gasteiger partial charge >= 0.3 is 5.76 Å². The van der Waals surface area contributed by atoms with Crippen LogP contribution in [0.2, 0.25) is 0 Å². The number of aromatic nitrogens is 1. The van der Waals surface area contributed by atoms with Crippen LogP contribution in [0.3, 0.4) is 0 Å². The van der Waals surface area contributed by atoms with Crippen LogP contribution in [0.25, 0.3) is 11.1 Å². The van der Waals surface area contributed by atoms with E-state index in [2.05, 4.69) is 10.6 Å². The number of nitrogens with one attached hydrogen (secondary N) is 2. The zero-order valence-corrected chi connectivity index (χ0v) is 19.5. The Morgan fingerprint density at radius 2 is 1.81 bits per heavy atom. The van der Waals surface area contributed by atoms with E-state index in [1.165, 1.54) is 22.8 Å². The fourth-order valence-corrected chi connectivity index (χ4v) is 3.76. The van der Waals surface area contributed by atoms with Crippen LogP contribution in [-0.4, -0.2) is 21.3 Å². The predicted octanol–water partition coefficient (Wildman–Crippen LogP) is 4.16. The van der Waals surface area contributed by atoms with Crippen molar-refractivity contribution in [3.05, 3.63) is 104 Å². The van der Waals surface area contributed by atoms with Gasteiger partial charge < -0.3 is 15.1 Å². The number of para-hydroxylation sites is 1. The van der Waals surface area contributed by atoms with Gasteiger partial charge in [0.05, 0.1) is 27.8 Å². The molecule has 184 valence electrons. The summed E-state index contributed by atoms with van der Waals surface area (Å²) in [6.07, 6.45) is 0.407. The van der Waals surface area contributed by atoms with E-state index in [1.807, 2.05) is 31.2 Å². The molecule has 0 atom stereocenters. The highest BCUT2D eigenvalue weighted by Crippen LogP contribution is 2.21. The molecule has 0 aliphatic carbocycles. The van der Waals surface area contributed by atoms with Gasteiger partial charge in [0.1, 0.15) is 0 Å².